The maximum atomic E-state index is 11.9. The van der Waals surface area contributed by atoms with Crippen molar-refractivity contribution < 1.29 is 14.3 Å². The average molecular weight is 282 g/mol. The predicted molar refractivity (Wildman–Crippen MR) is 76.5 cm³/mol. The van der Waals surface area contributed by atoms with Crippen LogP contribution in [0.2, 0.25) is 0 Å². The van der Waals surface area contributed by atoms with Crippen molar-refractivity contribution in [2.24, 2.45) is 5.92 Å². The molecule has 6 heteroatoms. The van der Waals surface area contributed by atoms with Crippen molar-refractivity contribution in [1.29, 1.82) is 0 Å². The average Bonchev–Trinajstić information content (AvgIpc) is 2.40. The molecule has 0 spiro atoms. The zero-order chi connectivity index (χ0) is 14.4. The van der Waals surface area contributed by atoms with E-state index in [-0.39, 0.29) is 11.8 Å². The number of nitrogens with one attached hydrogen (secondary N) is 1. The highest BCUT2D eigenvalue weighted by Crippen LogP contribution is 2.18. The number of hydrogen-bond donors (Lipinski definition) is 1. The van der Waals surface area contributed by atoms with E-state index in [1.165, 1.54) is 13.3 Å². The minimum atomic E-state index is -0.437. The Bertz CT molecular complexity index is 477. The van der Waals surface area contributed by atoms with E-state index in [1.807, 2.05) is 13.2 Å². The lowest BCUT2D eigenvalue weighted by atomic mass is 10.1. The van der Waals surface area contributed by atoms with Gasteiger partial charge in [-0.25, -0.2) is 9.78 Å². The Balaban J connectivity index is 2.90. The van der Waals surface area contributed by atoms with Crippen LogP contribution in [0.5, 0.6) is 0 Å². The summed E-state index contributed by atoms with van der Waals surface area (Å²) in [5.74, 6) is 0.486. The van der Waals surface area contributed by atoms with Crippen LogP contribution in [0.3, 0.4) is 0 Å². The number of thioether (sulfide) groups is 1. The van der Waals surface area contributed by atoms with Gasteiger partial charge in [0.2, 0.25) is 5.91 Å². The molecule has 1 rings (SSSR count). The maximum absolute atomic E-state index is 11.9. The number of methoxy groups -OCH3 is 1. The first-order valence-corrected chi connectivity index (χ1v) is 7.24. The molecule has 1 amide bonds. The van der Waals surface area contributed by atoms with Gasteiger partial charge in [-0.1, -0.05) is 6.92 Å². The molecule has 5 nitrogen and oxygen atoms in total. The summed E-state index contributed by atoms with van der Waals surface area (Å²) in [5, 5.41) is 2.74. The van der Waals surface area contributed by atoms with Gasteiger partial charge in [0.25, 0.3) is 0 Å². The van der Waals surface area contributed by atoms with Gasteiger partial charge in [-0.2, -0.15) is 11.8 Å². The monoisotopic (exact) mass is 282 g/mol. The molecular formula is C13H18N2O3S. The third kappa shape index (κ3) is 3.96. The van der Waals surface area contributed by atoms with Gasteiger partial charge in [-0.3, -0.25) is 4.79 Å². The van der Waals surface area contributed by atoms with Crippen LogP contribution in [0.4, 0.5) is 5.82 Å². The second-order valence-corrected chi connectivity index (χ2v) is 5.08. The van der Waals surface area contributed by atoms with E-state index in [0.29, 0.717) is 16.9 Å². The molecular weight excluding hydrogens is 264 g/mol. The number of nitrogens with zero attached hydrogens (tertiary/aromatic N) is 1. The van der Waals surface area contributed by atoms with Gasteiger partial charge in [0.1, 0.15) is 5.82 Å². The molecule has 1 N–H and O–H groups in total. The molecule has 0 aliphatic rings. The van der Waals surface area contributed by atoms with Gasteiger partial charge in [0, 0.05) is 23.4 Å². The standard InChI is InChI=1S/C13H18N2O3S/c1-8(7-19-4)12(16)15-11-9(2)10(5-6-14-11)13(17)18-3/h5-6,8H,7H2,1-4H3,(H,14,15,16). The molecule has 1 unspecified atom stereocenters. The molecule has 0 aliphatic carbocycles. The number of aromatic nitrogens is 1. The smallest absolute Gasteiger partial charge is 0.338 e. The minimum absolute atomic E-state index is 0.105. The van der Waals surface area contributed by atoms with E-state index >= 15 is 0 Å². The Morgan fingerprint density at radius 3 is 2.79 bits per heavy atom. The predicted octanol–water partition coefficient (Wildman–Crippen LogP) is 2.11. The maximum Gasteiger partial charge on any atom is 0.338 e. The van der Waals surface area contributed by atoms with E-state index in [1.54, 1.807) is 24.8 Å². The molecule has 0 radical (unpaired) electrons. The van der Waals surface area contributed by atoms with Crippen LogP contribution >= 0.6 is 11.8 Å². The summed E-state index contributed by atoms with van der Waals surface area (Å²) in [4.78, 5) is 27.6. The molecule has 1 aromatic heterocycles. The third-order valence-corrected chi connectivity index (χ3v) is 3.55. The van der Waals surface area contributed by atoms with Gasteiger partial charge < -0.3 is 10.1 Å². The van der Waals surface area contributed by atoms with Crippen molar-refractivity contribution in [2.75, 3.05) is 24.4 Å². The second-order valence-electron chi connectivity index (χ2n) is 4.17. The van der Waals surface area contributed by atoms with E-state index in [0.717, 1.165) is 5.75 Å². The molecule has 1 aromatic rings. The molecule has 0 saturated carbocycles. The fraction of sp³-hybridized carbons (Fsp3) is 0.462. The number of carbonyl (C=O) groups is 2. The first-order chi connectivity index (χ1) is 9.01. The van der Waals surface area contributed by atoms with Gasteiger partial charge in [-0.15, -0.1) is 0 Å². The van der Waals surface area contributed by atoms with Gasteiger partial charge in [0.05, 0.1) is 12.7 Å². The lowest BCUT2D eigenvalue weighted by Crippen LogP contribution is -2.23. The first kappa shape index (κ1) is 15.5. The van der Waals surface area contributed by atoms with Crippen molar-refractivity contribution in [3.63, 3.8) is 0 Å². The molecule has 0 aromatic carbocycles. The zero-order valence-electron chi connectivity index (χ0n) is 11.5. The molecule has 19 heavy (non-hydrogen) atoms. The highest BCUT2D eigenvalue weighted by atomic mass is 32.2. The summed E-state index contributed by atoms with van der Waals surface area (Å²) >= 11 is 1.61. The first-order valence-electron chi connectivity index (χ1n) is 5.85. The lowest BCUT2D eigenvalue weighted by molar-refractivity contribution is -0.118. The molecule has 1 heterocycles. The van der Waals surface area contributed by atoms with E-state index in [2.05, 4.69) is 15.0 Å². The van der Waals surface area contributed by atoms with Crippen LogP contribution in [0, 0.1) is 12.8 Å². The number of esters is 1. The Morgan fingerprint density at radius 2 is 2.21 bits per heavy atom. The summed E-state index contributed by atoms with van der Waals surface area (Å²) < 4.78 is 4.68. The van der Waals surface area contributed by atoms with Crippen LogP contribution < -0.4 is 5.32 Å². The quantitative estimate of drug-likeness (QED) is 0.838. The topological polar surface area (TPSA) is 68.3 Å². The summed E-state index contributed by atoms with van der Waals surface area (Å²) in [5.41, 5.74) is 1.02. The Morgan fingerprint density at radius 1 is 1.53 bits per heavy atom. The number of pyridine rings is 1. The SMILES string of the molecule is COC(=O)c1ccnc(NC(=O)C(C)CSC)c1C. The van der Waals surface area contributed by atoms with Gasteiger partial charge in [-0.05, 0) is 19.2 Å². The second kappa shape index (κ2) is 7.13. The molecule has 104 valence electrons. The summed E-state index contributed by atoms with van der Waals surface area (Å²) in [6.45, 7) is 3.58. The van der Waals surface area contributed by atoms with Crippen molar-refractivity contribution in [3.05, 3.63) is 23.4 Å². The molecule has 0 aliphatic heterocycles. The van der Waals surface area contributed by atoms with E-state index < -0.39 is 5.97 Å². The molecule has 0 fully saturated rings. The highest BCUT2D eigenvalue weighted by Gasteiger charge is 2.17. The van der Waals surface area contributed by atoms with Crippen LogP contribution in [0.1, 0.15) is 22.8 Å². The van der Waals surface area contributed by atoms with Gasteiger partial charge >= 0.3 is 5.97 Å². The fourth-order valence-corrected chi connectivity index (χ4v) is 2.21. The Labute approximate surface area is 117 Å². The Kier molecular flexibility index (Phi) is 5.82. The zero-order valence-corrected chi connectivity index (χ0v) is 12.3. The Hall–Kier alpha value is -1.56. The van der Waals surface area contributed by atoms with Crippen LogP contribution in [-0.2, 0) is 9.53 Å². The number of anilines is 1. The molecule has 0 bridgehead atoms. The normalized spacial score (nSPS) is 11.8. The van der Waals surface area contributed by atoms with Crippen molar-refractivity contribution in [3.8, 4) is 0 Å². The highest BCUT2D eigenvalue weighted by molar-refractivity contribution is 7.98. The van der Waals surface area contributed by atoms with E-state index in [9.17, 15) is 9.59 Å². The van der Waals surface area contributed by atoms with Crippen molar-refractivity contribution >= 4 is 29.5 Å². The third-order valence-electron chi connectivity index (χ3n) is 2.72. The van der Waals surface area contributed by atoms with Crippen molar-refractivity contribution in [2.45, 2.75) is 13.8 Å². The summed E-state index contributed by atoms with van der Waals surface area (Å²) in [6, 6.07) is 1.57. The lowest BCUT2D eigenvalue weighted by Gasteiger charge is -2.13. The molecule has 0 saturated heterocycles. The van der Waals surface area contributed by atoms with Crippen molar-refractivity contribution in [1.82, 2.24) is 4.98 Å². The van der Waals surface area contributed by atoms with Gasteiger partial charge in [0.15, 0.2) is 0 Å². The number of amides is 1. The van der Waals surface area contributed by atoms with Crippen LogP contribution in [0.25, 0.3) is 0 Å². The van der Waals surface area contributed by atoms with Crippen LogP contribution in [0.15, 0.2) is 12.3 Å². The summed E-state index contributed by atoms with van der Waals surface area (Å²) in [6.07, 6.45) is 3.43. The fourth-order valence-electron chi connectivity index (χ4n) is 1.56. The minimum Gasteiger partial charge on any atom is -0.465 e. The largest absolute Gasteiger partial charge is 0.465 e. The van der Waals surface area contributed by atoms with E-state index in [4.69, 9.17) is 0 Å². The number of carbonyl (C=O) groups excluding carboxylic acids is 2. The number of rotatable bonds is 5. The molecule has 1 atom stereocenters. The van der Waals surface area contributed by atoms with Crippen LogP contribution in [-0.4, -0.2) is 36.0 Å². The number of ether oxygens (including phenoxy) is 1. The summed E-state index contributed by atoms with van der Waals surface area (Å²) in [7, 11) is 1.32. The number of hydrogen-bond acceptors (Lipinski definition) is 5.